The molecule has 0 aliphatic heterocycles. The topological polar surface area (TPSA) is 89.0 Å². The molecule has 132 valence electrons. The van der Waals surface area contributed by atoms with E-state index in [9.17, 15) is 13.2 Å². The third-order valence-corrected chi connectivity index (χ3v) is 5.08. The van der Waals surface area contributed by atoms with Gasteiger partial charge >= 0.3 is 0 Å². The van der Waals surface area contributed by atoms with E-state index >= 15 is 0 Å². The number of hydrogen-bond donors (Lipinski definition) is 1. The van der Waals surface area contributed by atoms with Crippen molar-refractivity contribution in [2.24, 2.45) is 0 Å². The maximum absolute atomic E-state index is 12.4. The van der Waals surface area contributed by atoms with Crippen LogP contribution in [0.1, 0.15) is 10.4 Å². The Balaban J connectivity index is 1.91. The third-order valence-electron chi connectivity index (χ3n) is 3.63. The van der Waals surface area contributed by atoms with Crippen LogP contribution in [0.3, 0.4) is 0 Å². The van der Waals surface area contributed by atoms with Crippen molar-refractivity contribution in [1.82, 2.24) is 9.97 Å². The highest BCUT2D eigenvalue weighted by Gasteiger charge is 2.12. The fourth-order valence-electron chi connectivity index (χ4n) is 2.32. The van der Waals surface area contributed by atoms with Crippen LogP contribution in [0.25, 0.3) is 11.1 Å². The summed E-state index contributed by atoms with van der Waals surface area (Å²) in [5.74, 6) is -0.0114. The number of benzene rings is 2. The predicted molar refractivity (Wildman–Crippen MR) is 100.0 cm³/mol. The second kappa shape index (κ2) is 7.23. The summed E-state index contributed by atoms with van der Waals surface area (Å²) >= 11 is 6.25. The molecule has 8 heteroatoms. The Kier molecular flexibility index (Phi) is 5.01. The van der Waals surface area contributed by atoms with E-state index in [2.05, 4.69) is 15.3 Å². The van der Waals surface area contributed by atoms with Gasteiger partial charge in [0.05, 0.1) is 11.1 Å². The molecule has 1 aromatic heterocycles. The van der Waals surface area contributed by atoms with Gasteiger partial charge in [-0.1, -0.05) is 23.7 Å². The van der Waals surface area contributed by atoms with Gasteiger partial charge in [0.1, 0.15) is 0 Å². The number of aromatic nitrogens is 2. The Morgan fingerprint density at radius 1 is 1.08 bits per heavy atom. The minimum absolute atomic E-state index is 0.217. The van der Waals surface area contributed by atoms with Crippen molar-refractivity contribution in [3.05, 3.63) is 71.6 Å². The van der Waals surface area contributed by atoms with Crippen molar-refractivity contribution < 1.29 is 13.2 Å². The average Bonchev–Trinajstić information content (AvgIpc) is 2.62. The molecule has 0 saturated carbocycles. The molecule has 0 atom stereocenters. The molecule has 3 aromatic rings. The average molecular weight is 388 g/mol. The number of halogens is 1. The molecule has 3 rings (SSSR count). The van der Waals surface area contributed by atoms with Gasteiger partial charge in [-0.2, -0.15) is 0 Å². The Morgan fingerprint density at radius 3 is 2.42 bits per heavy atom. The molecule has 1 heterocycles. The molecule has 0 aliphatic carbocycles. The summed E-state index contributed by atoms with van der Waals surface area (Å²) in [4.78, 5) is 20.5. The minimum atomic E-state index is -3.28. The van der Waals surface area contributed by atoms with E-state index in [0.717, 1.165) is 6.26 Å². The fourth-order valence-corrected chi connectivity index (χ4v) is 3.18. The van der Waals surface area contributed by atoms with E-state index in [1.165, 1.54) is 30.7 Å². The third kappa shape index (κ3) is 4.07. The van der Waals surface area contributed by atoms with Gasteiger partial charge in [-0.3, -0.25) is 9.78 Å². The van der Waals surface area contributed by atoms with E-state index in [1.807, 2.05) is 0 Å². The molecule has 1 amide bonds. The summed E-state index contributed by atoms with van der Waals surface area (Å²) in [5, 5.41) is 3.10. The monoisotopic (exact) mass is 387 g/mol. The normalized spacial score (nSPS) is 11.2. The maximum atomic E-state index is 12.4. The lowest BCUT2D eigenvalue weighted by Crippen LogP contribution is -2.13. The first-order chi connectivity index (χ1) is 12.3. The summed E-state index contributed by atoms with van der Waals surface area (Å²) < 4.78 is 23.1. The number of sulfone groups is 1. The van der Waals surface area contributed by atoms with Gasteiger partial charge in [-0.25, -0.2) is 13.4 Å². The van der Waals surface area contributed by atoms with Crippen LogP contribution in [0.2, 0.25) is 5.02 Å². The van der Waals surface area contributed by atoms with Gasteiger partial charge < -0.3 is 5.32 Å². The molecule has 0 unspecified atom stereocenters. The number of nitrogens with one attached hydrogen (secondary N) is 1. The van der Waals surface area contributed by atoms with Crippen molar-refractivity contribution in [2.75, 3.05) is 11.6 Å². The Bertz CT molecular complexity index is 1050. The first-order valence-electron chi connectivity index (χ1n) is 7.52. The van der Waals surface area contributed by atoms with Gasteiger partial charge in [-0.05, 0) is 35.9 Å². The van der Waals surface area contributed by atoms with Crippen LogP contribution in [-0.2, 0) is 9.84 Å². The summed E-state index contributed by atoms with van der Waals surface area (Å²) in [6, 6.07) is 11.2. The van der Waals surface area contributed by atoms with Crippen molar-refractivity contribution in [1.29, 1.82) is 0 Å². The van der Waals surface area contributed by atoms with Crippen LogP contribution in [0, 0.1) is 0 Å². The first kappa shape index (κ1) is 18.0. The largest absolute Gasteiger partial charge is 0.305 e. The van der Waals surface area contributed by atoms with E-state index < -0.39 is 9.84 Å². The van der Waals surface area contributed by atoms with Crippen molar-refractivity contribution in [3.8, 4) is 11.1 Å². The van der Waals surface area contributed by atoms with Crippen molar-refractivity contribution in [3.63, 3.8) is 0 Å². The molecule has 2 aromatic carbocycles. The summed E-state index contributed by atoms with van der Waals surface area (Å²) in [6.45, 7) is 0. The number of amides is 1. The van der Waals surface area contributed by atoms with Crippen molar-refractivity contribution >= 4 is 33.2 Å². The van der Waals surface area contributed by atoms with Gasteiger partial charge in [0.15, 0.2) is 15.7 Å². The lowest BCUT2D eigenvalue weighted by Gasteiger charge is -2.09. The molecule has 0 saturated heterocycles. The fraction of sp³-hybridized carbons (Fsp3) is 0.0556. The van der Waals surface area contributed by atoms with Crippen LogP contribution in [-0.4, -0.2) is 30.5 Å². The van der Waals surface area contributed by atoms with Gasteiger partial charge in [0.2, 0.25) is 0 Å². The predicted octanol–water partition coefficient (Wildman–Crippen LogP) is 3.45. The quantitative estimate of drug-likeness (QED) is 0.740. The highest BCUT2D eigenvalue weighted by atomic mass is 35.5. The second-order valence-corrected chi connectivity index (χ2v) is 7.96. The van der Waals surface area contributed by atoms with Gasteiger partial charge in [-0.15, -0.1) is 0 Å². The molecule has 6 nitrogen and oxygen atoms in total. The van der Waals surface area contributed by atoms with Gasteiger partial charge in [0, 0.05) is 34.8 Å². The molecule has 0 bridgehead atoms. The lowest BCUT2D eigenvalue weighted by molar-refractivity contribution is 0.102. The number of hydrogen-bond acceptors (Lipinski definition) is 5. The van der Waals surface area contributed by atoms with Gasteiger partial charge in [0.25, 0.3) is 5.91 Å². The summed E-state index contributed by atoms with van der Waals surface area (Å²) in [5.41, 5.74) is 1.72. The molecular formula is C18H14ClN3O3S. The van der Waals surface area contributed by atoms with Crippen LogP contribution in [0.5, 0.6) is 0 Å². The number of anilines is 1. The van der Waals surface area contributed by atoms with Crippen LogP contribution >= 0.6 is 11.6 Å². The number of carbonyl (C=O) groups excluding carboxylic acids is 1. The summed E-state index contributed by atoms with van der Waals surface area (Å²) in [7, 11) is -3.28. The number of carbonyl (C=O) groups is 1. The first-order valence-corrected chi connectivity index (χ1v) is 9.79. The standard InChI is InChI=1S/C18H14ClN3O3S/c1-26(24,25)14-5-2-12(3-6-14)15-10-13(4-7-16(15)19)18(23)22-17-11-20-8-9-21-17/h2-11H,1H3,(H,21,22,23). The molecule has 1 N–H and O–H groups in total. The molecule has 0 radical (unpaired) electrons. The van der Waals surface area contributed by atoms with Crippen LogP contribution in [0.4, 0.5) is 5.82 Å². The lowest BCUT2D eigenvalue weighted by atomic mass is 10.0. The van der Waals surface area contributed by atoms with Crippen molar-refractivity contribution in [2.45, 2.75) is 4.90 Å². The SMILES string of the molecule is CS(=O)(=O)c1ccc(-c2cc(C(=O)Nc3cnccn3)ccc2Cl)cc1. The zero-order valence-electron chi connectivity index (χ0n) is 13.7. The smallest absolute Gasteiger partial charge is 0.256 e. The van der Waals surface area contributed by atoms with E-state index in [4.69, 9.17) is 11.6 Å². The molecule has 0 aliphatic rings. The van der Waals surface area contributed by atoms with E-state index in [-0.39, 0.29) is 10.8 Å². The zero-order chi connectivity index (χ0) is 18.7. The number of rotatable bonds is 4. The minimum Gasteiger partial charge on any atom is -0.305 e. The molecule has 0 spiro atoms. The summed E-state index contributed by atoms with van der Waals surface area (Å²) in [6.07, 6.45) is 5.58. The Hall–Kier alpha value is -2.77. The maximum Gasteiger partial charge on any atom is 0.256 e. The second-order valence-electron chi connectivity index (χ2n) is 5.54. The van der Waals surface area contributed by atoms with E-state index in [0.29, 0.717) is 27.5 Å². The molecule has 26 heavy (non-hydrogen) atoms. The van der Waals surface area contributed by atoms with Crippen LogP contribution < -0.4 is 5.32 Å². The Morgan fingerprint density at radius 2 is 1.81 bits per heavy atom. The Labute approximate surface area is 155 Å². The molecule has 0 fully saturated rings. The van der Waals surface area contributed by atoms with Crippen LogP contribution in [0.15, 0.2) is 66.0 Å². The van der Waals surface area contributed by atoms with E-state index in [1.54, 1.807) is 30.3 Å². The highest BCUT2D eigenvalue weighted by Crippen LogP contribution is 2.30. The molecular weight excluding hydrogens is 374 g/mol. The highest BCUT2D eigenvalue weighted by molar-refractivity contribution is 7.90. The zero-order valence-corrected chi connectivity index (χ0v) is 15.3. The number of nitrogens with zero attached hydrogens (tertiary/aromatic N) is 2.